The molecule has 146 valence electrons. The first kappa shape index (κ1) is 17.7. The Morgan fingerprint density at radius 3 is 2.74 bits per heavy atom. The minimum atomic E-state index is -0.166. The van der Waals surface area contributed by atoms with Crippen molar-refractivity contribution < 1.29 is 9.90 Å². The molecular formula is C23H32N2O2. The molecule has 1 heterocycles. The molecule has 0 bridgehead atoms. The number of ketones is 1. The fourth-order valence-electron chi connectivity index (χ4n) is 7.70. The number of Topliss-reactive ketones (excluding diaryl/α,β-unsaturated/α-hetero) is 1. The fourth-order valence-corrected chi connectivity index (χ4v) is 7.70. The highest BCUT2D eigenvalue weighted by Crippen LogP contribution is 2.67. The van der Waals surface area contributed by atoms with E-state index in [-0.39, 0.29) is 23.0 Å². The molecule has 1 aromatic heterocycles. The molecule has 1 N–H and O–H groups in total. The summed E-state index contributed by atoms with van der Waals surface area (Å²) in [5.41, 5.74) is 1.74. The summed E-state index contributed by atoms with van der Waals surface area (Å²) < 4.78 is 2.07. The number of carbonyl (C=O) groups is 1. The molecule has 3 unspecified atom stereocenters. The molecule has 0 saturated heterocycles. The number of nitrogens with zero attached hydrogens (tertiary/aromatic N) is 2. The summed E-state index contributed by atoms with van der Waals surface area (Å²) in [6.45, 7) is 7.16. The van der Waals surface area contributed by atoms with Gasteiger partial charge in [-0.3, -0.25) is 4.79 Å². The lowest BCUT2D eigenvalue weighted by atomic mass is 9.46. The van der Waals surface area contributed by atoms with Gasteiger partial charge in [-0.1, -0.05) is 32.4 Å². The highest BCUT2D eigenvalue weighted by Gasteiger charge is 2.62. The molecule has 3 fully saturated rings. The summed E-state index contributed by atoms with van der Waals surface area (Å²) >= 11 is 0. The van der Waals surface area contributed by atoms with Crippen molar-refractivity contribution in [3.63, 3.8) is 0 Å². The van der Waals surface area contributed by atoms with Gasteiger partial charge in [-0.05, 0) is 66.6 Å². The van der Waals surface area contributed by atoms with Crippen LogP contribution in [0.25, 0.3) is 0 Å². The highest BCUT2D eigenvalue weighted by atomic mass is 16.3. The second kappa shape index (κ2) is 5.79. The van der Waals surface area contributed by atoms with E-state index in [0.717, 1.165) is 25.7 Å². The van der Waals surface area contributed by atoms with Crippen LogP contribution in [-0.2, 0) is 4.79 Å². The van der Waals surface area contributed by atoms with Crippen LogP contribution in [0.1, 0.15) is 65.3 Å². The summed E-state index contributed by atoms with van der Waals surface area (Å²) in [7, 11) is 0. The van der Waals surface area contributed by atoms with Crippen LogP contribution in [0.4, 0.5) is 0 Å². The second-order valence-corrected chi connectivity index (χ2v) is 10.3. The number of aliphatic hydroxyl groups excluding tert-OH is 1. The van der Waals surface area contributed by atoms with Gasteiger partial charge in [-0.2, -0.15) is 0 Å². The van der Waals surface area contributed by atoms with E-state index < -0.39 is 0 Å². The number of hydrogen-bond donors (Lipinski definition) is 1. The monoisotopic (exact) mass is 368 g/mol. The standard InChI is InChI=1S/C23H32N2O2/c1-14-10-15-11-16(26)4-6-22(15,2)17-5-7-23(3)18(20(14)17)12-19(27)21(23)25-9-8-24-13-25/h8-10,13-14,16-18,20-21,26H,4-7,11-12H2,1-3H3/t14?,16?,17-,18+,20-,21?,22+,23+/m1/s1. The number of imidazole rings is 1. The first-order chi connectivity index (χ1) is 12.8. The van der Waals surface area contributed by atoms with Crippen molar-refractivity contribution in [2.75, 3.05) is 0 Å². The van der Waals surface area contributed by atoms with Gasteiger partial charge < -0.3 is 9.67 Å². The van der Waals surface area contributed by atoms with Crippen molar-refractivity contribution in [2.24, 2.45) is 34.5 Å². The topological polar surface area (TPSA) is 55.1 Å². The molecule has 0 aromatic carbocycles. The van der Waals surface area contributed by atoms with Crippen molar-refractivity contribution in [1.29, 1.82) is 0 Å². The number of fused-ring (bicyclic) bond motifs is 5. The lowest BCUT2D eigenvalue weighted by Gasteiger charge is -2.59. The van der Waals surface area contributed by atoms with Crippen molar-refractivity contribution in [1.82, 2.24) is 9.55 Å². The Bertz CT molecular complexity index is 784. The molecule has 8 atom stereocenters. The van der Waals surface area contributed by atoms with Gasteiger partial charge in [0.2, 0.25) is 0 Å². The zero-order valence-electron chi connectivity index (χ0n) is 16.8. The van der Waals surface area contributed by atoms with Gasteiger partial charge in [0.15, 0.2) is 5.78 Å². The average Bonchev–Trinajstić information content (AvgIpc) is 3.21. The molecule has 4 nitrogen and oxygen atoms in total. The summed E-state index contributed by atoms with van der Waals surface area (Å²) in [5.74, 6) is 2.56. The second-order valence-electron chi connectivity index (χ2n) is 10.3. The van der Waals surface area contributed by atoms with Gasteiger partial charge in [0.25, 0.3) is 0 Å². The summed E-state index contributed by atoms with van der Waals surface area (Å²) in [6.07, 6.45) is 13.8. The zero-order valence-corrected chi connectivity index (χ0v) is 16.8. The van der Waals surface area contributed by atoms with E-state index in [2.05, 4.69) is 36.4 Å². The maximum Gasteiger partial charge on any atom is 0.156 e. The van der Waals surface area contributed by atoms with E-state index in [9.17, 15) is 9.90 Å². The van der Waals surface area contributed by atoms with Gasteiger partial charge >= 0.3 is 0 Å². The SMILES string of the molecule is CC1C=C2CC(O)CC[C@]2(C)[C@@H]2CC[C@]3(C)C(n4ccnc4)C(=O)C[C@H]3[C@H]12. The van der Waals surface area contributed by atoms with Crippen LogP contribution in [0.2, 0.25) is 0 Å². The molecule has 0 aliphatic heterocycles. The third kappa shape index (κ3) is 2.31. The van der Waals surface area contributed by atoms with Crippen LogP contribution in [0.3, 0.4) is 0 Å². The quantitative estimate of drug-likeness (QED) is 0.757. The maximum absolute atomic E-state index is 13.1. The molecule has 3 saturated carbocycles. The Hall–Kier alpha value is -1.42. The Balaban J connectivity index is 1.55. The lowest BCUT2D eigenvalue weighted by Crippen LogP contribution is -2.52. The van der Waals surface area contributed by atoms with E-state index in [1.165, 1.54) is 12.0 Å². The maximum atomic E-state index is 13.1. The van der Waals surface area contributed by atoms with Gasteiger partial charge in [0.05, 0.1) is 18.5 Å². The van der Waals surface area contributed by atoms with Crippen molar-refractivity contribution in [3.05, 3.63) is 30.4 Å². The number of carbonyl (C=O) groups excluding carboxylic acids is 1. The molecule has 4 aliphatic carbocycles. The van der Waals surface area contributed by atoms with Crippen LogP contribution in [0.5, 0.6) is 0 Å². The van der Waals surface area contributed by atoms with Crippen LogP contribution in [0, 0.1) is 34.5 Å². The summed E-state index contributed by atoms with van der Waals surface area (Å²) in [6, 6.07) is -0.0514. The molecule has 0 amide bonds. The van der Waals surface area contributed by atoms with Crippen LogP contribution in [-0.4, -0.2) is 26.5 Å². The van der Waals surface area contributed by atoms with Crippen LogP contribution >= 0.6 is 0 Å². The van der Waals surface area contributed by atoms with E-state index >= 15 is 0 Å². The first-order valence-corrected chi connectivity index (χ1v) is 10.7. The molecule has 5 rings (SSSR count). The fraction of sp³-hybridized carbons (Fsp3) is 0.739. The molecule has 0 radical (unpaired) electrons. The highest BCUT2D eigenvalue weighted by molar-refractivity contribution is 5.86. The first-order valence-electron chi connectivity index (χ1n) is 10.7. The third-order valence-corrected chi connectivity index (χ3v) is 9.02. The molecular weight excluding hydrogens is 336 g/mol. The third-order valence-electron chi connectivity index (χ3n) is 9.02. The van der Waals surface area contributed by atoms with Crippen LogP contribution < -0.4 is 0 Å². The minimum Gasteiger partial charge on any atom is -0.393 e. The molecule has 4 heteroatoms. The number of allylic oxidation sites excluding steroid dienone is 1. The van der Waals surface area contributed by atoms with E-state index in [4.69, 9.17) is 0 Å². The molecule has 0 spiro atoms. The van der Waals surface area contributed by atoms with E-state index in [1.54, 1.807) is 6.20 Å². The Kier molecular flexibility index (Phi) is 3.79. The van der Waals surface area contributed by atoms with Crippen molar-refractivity contribution >= 4 is 5.78 Å². The van der Waals surface area contributed by atoms with E-state index in [0.29, 0.717) is 35.9 Å². The number of aliphatic hydroxyl groups is 1. The molecule has 27 heavy (non-hydrogen) atoms. The normalized spacial score (nSPS) is 49.2. The minimum absolute atomic E-state index is 0.0308. The number of rotatable bonds is 1. The zero-order chi connectivity index (χ0) is 19.0. The number of hydrogen-bond acceptors (Lipinski definition) is 3. The van der Waals surface area contributed by atoms with Gasteiger partial charge in [0, 0.05) is 18.8 Å². The Labute approximate surface area is 162 Å². The Morgan fingerprint density at radius 2 is 2.00 bits per heavy atom. The van der Waals surface area contributed by atoms with Crippen LogP contribution in [0.15, 0.2) is 30.4 Å². The van der Waals surface area contributed by atoms with Gasteiger partial charge in [-0.25, -0.2) is 4.98 Å². The van der Waals surface area contributed by atoms with Gasteiger partial charge in [-0.15, -0.1) is 0 Å². The summed E-state index contributed by atoms with van der Waals surface area (Å²) in [5, 5.41) is 10.2. The average molecular weight is 369 g/mol. The molecule has 4 aliphatic rings. The smallest absolute Gasteiger partial charge is 0.156 e. The number of aromatic nitrogens is 2. The Morgan fingerprint density at radius 1 is 1.19 bits per heavy atom. The van der Waals surface area contributed by atoms with E-state index in [1.807, 2.05) is 12.5 Å². The predicted octanol–water partition coefficient (Wildman–Crippen LogP) is 4.17. The largest absolute Gasteiger partial charge is 0.393 e. The summed E-state index contributed by atoms with van der Waals surface area (Å²) in [4.78, 5) is 17.3. The van der Waals surface area contributed by atoms with Crippen molar-refractivity contribution in [3.8, 4) is 0 Å². The van der Waals surface area contributed by atoms with Gasteiger partial charge in [0.1, 0.15) is 0 Å². The predicted molar refractivity (Wildman–Crippen MR) is 104 cm³/mol. The molecule has 1 aromatic rings. The van der Waals surface area contributed by atoms with Crippen molar-refractivity contribution in [2.45, 2.75) is 71.4 Å². The lowest BCUT2D eigenvalue weighted by molar-refractivity contribution is -0.121.